The Kier molecular flexibility index (Phi) is 10.5. The van der Waals surface area contributed by atoms with Crippen LogP contribution in [0, 0.1) is 5.82 Å². The molecular formula is C31H31FN5O6PS. The van der Waals surface area contributed by atoms with Crippen molar-refractivity contribution >= 4 is 51.9 Å². The second kappa shape index (κ2) is 14.7. The first-order valence-corrected chi connectivity index (χ1v) is 16.1. The number of rotatable bonds is 13. The molecule has 234 valence electrons. The van der Waals surface area contributed by atoms with Crippen LogP contribution in [0.1, 0.15) is 5.69 Å². The Labute approximate surface area is 263 Å². The molecule has 5 rings (SSSR count). The number of hydrogen-bond acceptors (Lipinski definition) is 10. The first-order valence-electron chi connectivity index (χ1n) is 13.7. The van der Waals surface area contributed by atoms with Crippen LogP contribution < -0.4 is 26.0 Å². The summed E-state index contributed by atoms with van der Waals surface area (Å²) < 4.78 is 49.6. The summed E-state index contributed by atoms with van der Waals surface area (Å²) in [6.45, 7) is 1.95. The normalized spacial score (nSPS) is 11.5. The SMILES string of the molecule is COCCNCc1cccc(-c2cc3nccc(Oc4ccc(NC(=O)Nc5cccc(P(=O)(OC)OC)c5)cc4F)c3s2)n1. The van der Waals surface area contributed by atoms with E-state index in [-0.39, 0.29) is 16.7 Å². The zero-order valence-electron chi connectivity index (χ0n) is 24.7. The summed E-state index contributed by atoms with van der Waals surface area (Å²) in [7, 11) is 0.712. The summed E-state index contributed by atoms with van der Waals surface area (Å²) in [6.07, 6.45) is 1.60. The van der Waals surface area contributed by atoms with Crippen LogP contribution in [0.4, 0.5) is 20.6 Å². The van der Waals surface area contributed by atoms with Gasteiger partial charge < -0.3 is 34.5 Å². The van der Waals surface area contributed by atoms with Crippen LogP contribution >= 0.6 is 18.9 Å². The number of urea groups is 1. The fraction of sp³-hybridized carbons (Fsp3) is 0.194. The molecule has 2 aromatic carbocycles. The van der Waals surface area contributed by atoms with Crippen LogP contribution in [0.3, 0.4) is 0 Å². The van der Waals surface area contributed by atoms with Gasteiger partial charge in [-0.1, -0.05) is 12.1 Å². The van der Waals surface area contributed by atoms with E-state index in [0.717, 1.165) is 33.6 Å². The monoisotopic (exact) mass is 651 g/mol. The summed E-state index contributed by atoms with van der Waals surface area (Å²) in [6, 6.07) is 19.2. The van der Waals surface area contributed by atoms with Gasteiger partial charge in [-0.2, -0.15) is 0 Å². The number of ether oxygens (including phenoxy) is 2. The third-order valence-electron chi connectivity index (χ3n) is 6.53. The lowest BCUT2D eigenvalue weighted by atomic mass is 10.2. The Morgan fingerprint density at radius 2 is 1.71 bits per heavy atom. The van der Waals surface area contributed by atoms with Crippen molar-refractivity contribution in [2.75, 3.05) is 45.1 Å². The number of nitrogens with zero attached hydrogens (tertiary/aromatic N) is 2. The third kappa shape index (κ3) is 7.90. The van der Waals surface area contributed by atoms with E-state index in [1.165, 1.54) is 43.8 Å². The van der Waals surface area contributed by atoms with E-state index in [0.29, 0.717) is 30.1 Å². The molecule has 0 spiro atoms. The Morgan fingerprint density at radius 1 is 0.933 bits per heavy atom. The molecule has 2 amide bonds. The highest BCUT2D eigenvalue weighted by Crippen LogP contribution is 2.45. The van der Waals surface area contributed by atoms with E-state index < -0.39 is 19.4 Å². The van der Waals surface area contributed by atoms with Gasteiger partial charge in [0.2, 0.25) is 0 Å². The van der Waals surface area contributed by atoms with E-state index >= 15 is 4.39 Å². The van der Waals surface area contributed by atoms with Gasteiger partial charge in [0, 0.05) is 64.1 Å². The summed E-state index contributed by atoms with van der Waals surface area (Å²) in [5.41, 5.74) is 2.94. The zero-order valence-corrected chi connectivity index (χ0v) is 26.4. The zero-order chi connectivity index (χ0) is 31.8. The van der Waals surface area contributed by atoms with Crippen LogP contribution in [0.25, 0.3) is 20.8 Å². The first kappa shape index (κ1) is 32.2. The topological polar surface area (TPSA) is 133 Å². The molecule has 0 aliphatic heterocycles. The fourth-order valence-corrected chi connectivity index (χ4v) is 6.51. The van der Waals surface area contributed by atoms with Crippen LogP contribution in [-0.4, -0.2) is 50.5 Å². The predicted molar refractivity (Wildman–Crippen MR) is 173 cm³/mol. The number of anilines is 2. The molecule has 0 saturated carbocycles. The Morgan fingerprint density at radius 3 is 2.47 bits per heavy atom. The van der Waals surface area contributed by atoms with Crippen LogP contribution in [0.15, 0.2) is 79.0 Å². The minimum atomic E-state index is -3.50. The number of pyridine rings is 2. The van der Waals surface area contributed by atoms with Crippen LogP contribution in [-0.2, 0) is 24.9 Å². The molecule has 0 aliphatic carbocycles. The molecule has 11 nitrogen and oxygen atoms in total. The van der Waals surface area contributed by atoms with E-state index in [1.807, 2.05) is 24.3 Å². The van der Waals surface area contributed by atoms with E-state index in [2.05, 4.69) is 20.9 Å². The van der Waals surface area contributed by atoms with Crippen molar-refractivity contribution in [3.63, 3.8) is 0 Å². The average Bonchev–Trinajstić information content (AvgIpc) is 3.50. The first-order chi connectivity index (χ1) is 21.8. The van der Waals surface area contributed by atoms with Gasteiger partial charge in [0.05, 0.1) is 38.4 Å². The number of methoxy groups -OCH3 is 1. The second-order valence-corrected chi connectivity index (χ2v) is 12.9. The third-order valence-corrected chi connectivity index (χ3v) is 9.57. The van der Waals surface area contributed by atoms with Crippen molar-refractivity contribution < 1.29 is 32.3 Å². The van der Waals surface area contributed by atoms with Crippen molar-refractivity contribution in [2.45, 2.75) is 6.54 Å². The smallest absolute Gasteiger partial charge is 0.360 e. The number of carbonyl (C=O) groups excluding carboxylic acids is 1. The van der Waals surface area contributed by atoms with Crippen molar-refractivity contribution in [3.05, 3.63) is 90.5 Å². The molecule has 0 radical (unpaired) electrons. The van der Waals surface area contributed by atoms with E-state index in [4.69, 9.17) is 23.5 Å². The molecule has 5 aromatic rings. The standard InChI is InChI=1S/C31H31FN5O6PS/c1-40-15-14-33-19-22-7-5-9-25(35-22)29-18-26-30(45-29)28(12-13-34-26)43-27-11-10-21(17-24(27)32)37-31(38)36-20-6-4-8-23(16-20)44(39,41-2)42-3/h4-13,16-18,33H,14-15,19H2,1-3H3,(H2,36,37,38). The number of fused-ring (bicyclic) bond motifs is 1. The molecule has 45 heavy (non-hydrogen) atoms. The molecule has 3 N–H and O–H groups in total. The molecule has 0 atom stereocenters. The van der Waals surface area contributed by atoms with Crippen molar-refractivity contribution in [1.82, 2.24) is 15.3 Å². The van der Waals surface area contributed by atoms with Gasteiger partial charge in [-0.05, 0) is 48.5 Å². The van der Waals surface area contributed by atoms with E-state index in [9.17, 15) is 9.36 Å². The molecule has 0 fully saturated rings. The quantitative estimate of drug-likeness (QED) is 0.0931. The molecule has 0 unspecified atom stereocenters. The molecule has 0 aliphatic rings. The predicted octanol–water partition coefficient (Wildman–Crippen LogP) is 6.78. The maximum atomic E-state index is 15.1. The minimum absolute atomic E-state index is 0.0201. The largest absolute Gasteiger partial charge is 0.453 e. The minimum Gasteiger partial charge on any atom is -0.453 e. The number of amides is 2. The highest BCUT2D eigenvalue weighted by Gasteiger charge is 2.24. The number of hydrogen-bond donors (Lipinski definition) is 3. The Bertz CT molecular complexity index is 1850. The number of carbonyl (C=O) groups is 1. The molecule has 0 bridgehead atoms. The number of aromatic nitrogens is 2. The molecule has 3 aromatic heterocycles. The fourth-order valence-electron chi connectivity index (χ4n) is 4.34. The van der Waals surface area contributed by atoms with E-state index in [1.54, 1.807) is 37.6 Å². The molecular weight excluding hydrogens is 620 g/mol. The number of benzene rings is 2. The summed E-state index contributed by atoms with van der Waals surface area (Å²) in [5, 5.41) is 8.77. The van der Waals surface area contributed by atoms with Gasteiger partial charge >= 0.3 is 13.6 Å². The summed E-state index contributed by atoms with van der Waals surface area (Å²) in [5.74, 6) is -0.253. The number of nitrogens with one attached hydrogen (secondary N) is 3. The second-order valence-electron chi connectivity index (χ2n) is 9.56. The number of thiophene rings is 1. The highest BCUT2D eigenvalue weighted by atomic mass is 32.1. The lowest BCUT2D eigenvalue weighted by Crippen LogP contribution is -2.20. The van der Waals surface area contributed by atoms with Gasteiger partial charge in [0.15, 0.2) is 11.6 Å². The summed E-state index contributed by atoms with van der Waals surface area (Å²) in [4.78, 5) is 22.7. The lowest BCUT2D eigenvalue weighted by molar-refractivity contribution is 0.199. The van der Waals surface area contributed by atoms with Crippen molar-refractivity contribution in [2.24, 2.45) is 0 Å². The van der Waals surface area contributed by atoms with Gasteiger partial charge in [0.1, 0.15) is 5.75 Å². The van der Waals surface area contributed by atoms with Gasteiger partial charge in [-0.15, -0.1) is 11.3 Å². The maximum absolute atomic E-state index is 15.1. The highest BCUT2D eigenvalue weighted by molar-refractivity contribution is 7.62. The van der Waals surface area contributed by atoms with Gasteiger partial charge in [-0.3, -0.25) is 14.5 Å². The molecule has 3 heterocycles. The number of halogens is 1. The van der Waals surface area contributed by atoms with Crippen molar-refractivity contribution in [3.8, 4) is 22.1 Å². The molecule has 14 heteroatoms. The summed E-state index contributed by atoms with van der Waals surface area (Å²) >= 11 is 1.45. The average molecular weight is 652 g/mol. The van der Waals surface area contributed by atoms with Gasteiger partial charge in [-0.25, -0.2) is 9.18 Å². The van der Waals surface area contributed by atoms with Crippen LogP contribution in [0.5, 0.6) is 11.5 Å². The Balaban J connectivity index is 1.27. The van der Waals surface area contributed by atoms with Gasteiger partial charge in [0.25, 0.3) is 0 Å². The Hall–Kier alpha value is -4.23. The molecule has 0 saturated heterocycles. The lowest BCUT2D eigenvalue weighted by Gasteiger charge is -2.15. The maximum Gasteiger partial charge on any atom is 0.360 e. The van der Waals surface area contributed by atoms with Crippen molar-refractivity contribution in [1.29, 1.82) is 0 Å². The van der Waals surface area contributed by atoms with Crippen LogP contribution in [0.2, 0.25) is 0 Å².